The number of hydrogen-bond acceptors (Lipinski definition) is 6. The van der Waals surface area contributed by atoms with Gasteiger partial charge in [0.2, 0.25) is 0 Å². The van der Waals surface area contributed by atoms with E-state index >= 15 is 0 Å². The van der Waals surface area contributed by atoms with Gasteiger partial charge in [0.1, 0.15) is 5.69 Å². The maximum Gasteiger partial charge on any atom is 0.339 e. The lowest BCUT2D eigenvalue weighted by molar-refractivity contribution is -0.384. The number of nitro benzene ring substituents is 1. The summed E-state index contributed by atoms with van der Waals surface area (Å²) >= 11 is 0. The lowest BCUT2D eigenvalue weighted by Gasteiger charge is -2.31. The highest BCUT2D eigenvalue weighted by Crippen LogP contribution is 2.28. The molecule has 0 radical (unpaired) electrons. The standard InChI is InChI=1S/C18H25N3O5/c1-12-7-9-20(10-8-12)17(22)13(2)26-18(23)14-5-6-15(19(3)4)16(11-14)21(24)25/h5-6,11-13H,7-10H2,1-4H3/t13-/m0/s1. The maximum absolute atomic E-state index is 12.4. The first-order chi connectivity index (χ1) is 12.2. The molecule has 1 amide bonds. The van der Waals surface area contributed by atoms with Crippen LogP contribution in [0.1, 0.15) is 37.0 Å². The minimum atomic E-state index is -0.927. The fraction of sp³-hybridized carbons (Fsp3) is 0.556. The lowest BCUT2D eigenvalue weighted by atomic mass is 9.99. The van der Waals surface area contributed by atoms with Crippen molar-refractivity contribution in [3.63, 3.8) is 0 Å². The van der Waals surface area contributed by atoms with Crippen LogP contribution in [0.15, 0.2) is 18.2 Å². The minimum absolute atomic E-state index is 0.0502. The third-order valence-corrected chi connectivity index (χ3v) is 4.62. The number of ether oxygens (including phenoxy) is 1. The molecule has 1 aliphatic heterocycles. The number of carbonyl (C=O) groups excluding carboxylic acids is 2. The minimum Gasteiger partial charge on any atom is -0.449 e. The number of hydrogen-bond donors (Lipinski definition) is 0. The molecule has 0 aliphatic carbocycles. The summed E-state index contributed by atoms with van der Waals surface area (Å²) in [7, 11) is 3.36. The average Bonchev–Trinajstić information content (AvgIpc) is 2.60. The molecule has 1 aromatic rings. The quantitative estimate of drug-likeness (QED) is 0.453. The largest absolute Gasteiger partial charge is 0.449 e. The van der Waals surface area contributed by atoms with Gasteiger partial charge in [-0.2, -0.15) is 0 Å². The summed E-state index contributed by atoms with van der Waals surface area (Å²) in [4.78, 5) is 38.7. The summed E-state index contributed by atoms with van der Waals surface area (Å²) in [6, 6.07) is 4.13. The van der Waals surface area contributed by atoms with Crippen LogP contribution < -0.4 is 4.90 Å². The highest BCUT2D eigenvalue weighted by atomic mass is 16.6. The van der Waals surface area contributed by atoms with Crippen LogP contribution in [-0.2, 0) is 9.53 Å². The Morgan fingerprint density at radius 1 is 1.31 bits per heavy atom. The predicted molar refractivity (Wildman–Crippen MR) is 97.3 cm³/mol. The van der Waals surface area contributed by atoms with Gasteiger partial charge in [-0.1, -0.05) is 6.92 Å². The molecular formula is C18H25N3O5. The van der Waals surface area contributed by atoms with E-state index in [9.17, 15) is 19.7 Å². The molecule has 2 rings (SSSR count). The Morgan fingerprint density at radius 2 is 1.92 bits per heavy atom. The number of benzene rings is 1. The van der Waals surface area contributed by atoms with Crippen molar-refractivity contribution in [3.8, 4) is 0 Å². The van der Waals surface area contributed by atoms with E-state index in [0.29, 0.717) is 24.7 Å². The topological polar surface area (TPSA) is 93.0 Å². The van der Waals surface area contributed by atoms with E-state index in [1.54, 1.807) is 23.9 Å². The van der Waals surface area contributed by atoms with Gasteiger partial charge in [0.05, 0.1) is 10.5 Å². The molecule has 1 heterocycles. The van der Waals surface area contributed by atoms with E-state index in [4.69, 9.17) is 4.74 Å². The second kappa shape index (κ2) is 8.16. The molecule has 0 spiro atoms. The molecule has 0 aromatic heterocycles. The highest BCUT2D eigenvalue weighted by Gasteiger charge is 2.28. The van der Waals surface area contributed by atoms with Gasteiger partial charge in [-0.25, -0.2) is 4.79 Å². The first-order valence-corrected chi connectivity index (χ1v) is 8.66. The Morgan fingerprint density at radius 3 is 2.46 bits per heavy atom. The number of anilines is 1. The number of amides is 1. The third kappa shape index (κ3) is 4.50. The van der Waals surface area contributed by atoms with Crippen LogP contribution in [0.4, 0.5) is 11.4 Å². The summed E-state index contributed by atoms with van der Waals surface area (Å²) in [5.41, 5.74) is 0.251. The summed E-state index contributed by atoms with van der Waals surface area (Å²) in [6.07, 6.45) is 0.943. The molecule has 0 unspecified atom stereocenters. The summed E-state index contributed by atoms with van der Waals surface area (Å²) < 4.78 is 5.25. The highest BCUT2D eigenvalue weighted by molar-refractivity contribution is 5.93. The Labute approximate surface area is 152 Å². The van der Waals surface area contributed by atoms with Gasteiger partial charge in [-0.3, -0.25) is 14.9 Å². The van der Waals surface area contributed by atoms with Crippen LogP contribution in [0.3, 0.4) is 0 Å². The molecular weight excluding hydrogens is 338 g/mol. The summed E-state index contributed by atoms with van der Waals surface area (Å²) in [6.45, 7) is 4.99. The van der Waals surface area contributed by atoms with Gasteiger partial charge in [0.25, 0.3) is 11.6 Å². The van der Waals surface area contributed by atoms with Gasteiger partial charge in [0.15, 0.2) is 6.10 Å². The third-order valence-electron chi connectivity index (χ3n) is 4.62. The Hall–Kier alpha value is -2.64. The Bertz CT molecular complexity index is 696. The van der Waals surface area contributed by atoms with Gasteiger partial charge >= 0.3 is 5.97 Å². The van der Waals surface area contributed by atoms with Crippen molar-refractivity contribution in [1.29, 1.82) is 0 Å². The molecule has 1 saturated heterocycles. The fourth-order valence-electron chi connectivity index (χ4n) is 2.94. The van der Waals surface area contributed by atoms with Crippen LogP contribution >= 0.6 is 0 Å². The molecule has 1 fully saturated rings. The Kier molecular flexibility index (Phi) is 6.18. The van der Waals surface area contributed by atoms with Crippen LogP contribution in [0.2, 0.25) is 0 Å². The van der Waals surface area contributed by atoms with Crippen molar-refractivity contribution >= 4 is 23.3 Å². The molecule has 0 N–H and O–H groups in total. The summed E-state index contributed by atoms with van der Waals surface area (Å²) in [5, 5.41) is 11.2. The lowest BCUT2D eigenvalue weighted by Crippen LogP contribution is -2.44. The number of nitrogens with zero attached hydrogens (tertiary/aromatic N) is 3. The normalized spacial score (nSPS) is 16.1. The van der Waals surface area contributed by atoms with Crippen molar-refractivity contribution < 1.29 is 19.2 Å². The monoisotopic (exact) mass is 363 g/mol. The van der Waals surface area contributed by atoms with E-state index in [0.717, 1.165) is 12.8 Å². The van der Waals surface area contributed by atoms with E-state index in [2.05, 4.69) is 6.92 Å². The van der Waals surface area contributed by atoms with Crippen molar-refractivity contribution in [2.75, 3.05) is 32.1 Å². The van der Waals surface area contributed by atoms with Crippen LogP contribution in [0.5, 0.6) is 0 Å². The molecule has 8 heteroatoms. The molecule has 1 aromatic carbocycles. The van der Waals surface area contributed by atoms with Gasteiger partial charge in [0, 0.05) is 33.3 Å². The molecule has 26 heavy (non-hydrogen) atoms. The van der Waals surface area contributed by atoms with Crippen LogP contribution in [0.25, 0.3) is 0 Å². The summed E-state index contributed by atoms with van der Waals surface area (Å²) in [5.74, 6) is -0.387. The van der Waals surface area contributed by atoms with Gasteiger partial charge in [-0.05, 0) is 37.8 Å². The number of likely N-dealkylation sites (tertiary alicyclic amines) is 1. The molecule has 1 atom stereocenters. The molecule has 142 valence electrons. The molecule has 0 saturated carbocycles. The molecule has 8 nitrogen and oxygen atoms in total. The predicted octanol–water partition coefficient (Wildman–Crippen LogP) is 2.46. The zero-order valence-electron chi connectivity index (χ0n) is 15.6. The molecule has 0 bridgehead atoms. The van der Waals surface area contributed by atoms with Crippen LogP contribution in [-0.4, -0.2) is 55.0 Å². The van der Waals surface area contributed by atoms with E-state index in [-0.39, 0.29) is 17.2 Å². The molecule has 1 aliphatic rings. The second-order valence-electron chi connectivity index (χ2n) is 6.91. The number of piperidine rings is 1. The van der Waals surface area contributed by atoms with Crippen molar-refractivity contribution in [1.82, 2.24) is 4.90 Å². The first-order valence-electron chi connectivity index (χ1n) is 8.66. The van der Waals surface area contributed by atoms with Gasteiger partial charge < -0.3 is 14.5 Å². The first kappa shape index (κ1) is 19.7. The zero-order chi connectivity index (χ0) is 19.4. The fourth-order valence-corrected chi connectivity index (χ4v) is 2.94. The Balaban J connectivity index is 2.08. The van der Waals surface area contributed by atoms with Gasteiger partial charge in [-0.15, -0.1) is 0 Å². The number of esters is 1. The number of nitro groups is 1. The number of carbonyl (C=O) groups is 2. The smallest absolute Gasteiger partial charge is 0.339 e. The van der Waals surface area contributed by atoms with Crippen molar-refractivity contribution in [2.45, 2.75) is 32.8 Å². The maximum atomic E-state index is 12.4. The van der Waals surface area contributed by atoms with E-state index in [1.807, 2.05) is 0 Å². The number of rotatable bonds is 5. The van der Waals surface area contributed by atoms with Crippen molar-refractivity contribution in [3.05, 3.63) is 33.9 Å². The SMILES string of the molecule is CC1CCN(C(=O)[C@H](C)OC(=O)c2ccc(N(C)C)c([N+](=O)[O-])c2)CC1. The van der Waals surface area contributed by atoms with E-state index in [1.165, 1.54) is 25.1 Å². The van der Waals surface area contributed by atoms with Crippen molar-refractivity contribution in [2.24, 2.45) is 5.92 Å². The van der Waals surface area contributed by atoms with Crippen LogP contribution in [0, 0.1) is 16.0 Å². The zero-order valence-corrected chi connectivity index (χ0v) is 15.6. The second-order valence-corrected chi connectivity index (χ2v) is 6.91. The average molecular weight is 363 g/mol. The van der Waals surface area contributed by atoms with E-state index < -0.39 is 17.0 Å².